The highest BCUT2D eigenvalue weighted by atomic mass is 79.9. The van der Waals surface area contributed by atoms with E-state index in [1.54, 1.807) is 6.07 Å². The molecule has 96 valence electrons. The zero-order valence-corrected chi connectivity index (χ0v) is 13.1. The van der Waals surface area contributed by atoms with Gasteiger partial charge in [0.1, 0.15) is 0 Å². The number of hydrogen-bond acceptors (Lipinski definition) is 1. The summed E-state index contributed by atoms with van der Waals surface area (Å²) in [5, 5.41) is 1.40. The lowest BCUT2D eigenvalue weighted by Crippen LogP contribution is -2.30. The van der Waals surface area contributed by atoms with E-state index in [0.29, 0.717) is 11.1 Å². The van der Waals surface area contributed by atoms with E-state index in [9.17, 15) is 0 Å². The van der Waals surface area contributed by atoms with Crippen molar-refractivity contribution in [2.75, 3.05) is 7.05 Å². The van der Waals surface area contributed by atoms with E-state index in [-0.39, 0.29) is 0 Å². The van der Waals surface area contributed by atoms with Gasteiger partial charge in [-0.3, -0.25) is 4.90 Å². The van der Waals surface area contributed by atoms with Gasteiger partial charge in [0.2, 0.25) is 0 Å². The molecule has 0 radical (unpaired) electrons. The molecule has 1 aromatic carbocycles. The van der Waals surface area contributed by atoms with Crippen molar-refractivity contribution in [1.82, 2.24) is 4.90 Å². The summed E-state index contributed by atoms with van der Waals surface area (Å²) in [7, 11) is 2.10. The van der Waals surface area contributed by atoms with Crippen molar-refractivity contribution < 1.29 is 0 Å². The second kappa shape index (κ2) is 6.25. The maximum absolute atomic E-state index is 6.19. The first kappa shape index (κ1) is 14.1. The van der Waals surface area contributed by atoms with Gasteiger partial charge in [-0.05, 0) is 31.2 Å². The van der Waals surface area contributed by atoms with Crippen molar-refractivity contribution in [2.45, 2.75) is 19.0 Å². The van der Waals surface area contributed by atoms with Gasteiger partial charge in [-0.15, -0.1) is 0 Å². The molecular weight excluding hydrogens is 333 g/mol. The standard InChI is InChI=1S/C14H14BrCl2N/c1-18(13-4-2-3-11(15)7-13)9-10-5-6-12(16)8-14(10)17/h2-3,5-8,13H,4,9H2,1H3. The Bertz CT molecular complexity index is 497. The Hall–Kier alpha value is -0.280. The molecule has 4 heteroatoms. The molecule has 0 N–H and O–H groups in total. The van der Waals surface area contributed by atoms with Gasteiger partial charge in [0.05, 0.1) is 0 Å². The molecule has 1 nitrogen and oxygen atoms in total. The zero-order chi connectivity index (χ0) is 13.1. The van der Waals surface area contributed by atoms with Crippen LogP contribution in [0.25, 0.3) is 0 Å². The van der Waals surface area contributed by atoms with Crippen LogP contribution in [-0.4, -0.2) is 18.0 Å². The Morgan fingerprint density at radius 1 is 1.39 bits per heavy atom. The Kier molecular flexibility index (Phi) is 4.91. The van der Waals surface area contributed by atoms with Crippen LogP contribution in [0.5, 0.6) is 0 Å². The van der Waals surface area contributed by atoms with Crippen LogP contribution in [0.2, 0.25) is 10.0 Å². The van der Waals surface area contributed by atoms with Gasteiger partial charge >= 0.3 is 0 Å². The van der Waals surface area contributed by atoms with Crippen LogP contribution in [0, 0.1) is 0 Å². The van der Waals surface area contributed by atoms with Crippen molar-refractivity contribution in [3.8, 4) is 0 Å². The third-order valence-electron chi connectivity index (χ3n) is 3.01. The van der Waals surface area contributed by atoms with Crippen LogP contribution in [0.15, 0.2) is 40.9 Å². The fourth-order valence-electron chi connectivity index (χ4n) is 1.97. The minimum absolute atomic E-state index is 0.399. The summed E-state index contributed by atoms with van der Waals surface area (Å²) in [5.74, 6) is 0. The van der Waals surface area contributed by atoms with E-state index in [4.69, 9.17) is 23.2 Å². The molecule has 0 aromatic heterocycles. The Morgan fingerprint density at radius 2 is 2.17 bits per heavy atom. The minimum Gasteiger partial charge on any atom is -0.295 e. The number of allylic oxidation sites excluding steroid dienone is 2. The molecular formula is C14H14BrCl2N. The summed E-state index contributed by atoms with van der Waals surface area (Å²) in [6.45, 7) is 0.811. The first-order valence-electron chi connectivity index (χ1n) is 5.74. The average molecular weight is 347 g/mol. The second-order valence-corrected chi connectivity index (χ2v) is 6.17. The maximum atomic E-state index is 6.19. The molecule has 18 heavy (non-hydrogen) atoms. The highest BCUT2D eigenvalue weighted by Crippen LogP contribution is 2.25. The van der Waals surface area contributed by atoms with Crippen molar-refractivity contribution >= 4 is 39.1 Å². The highest BCUT2D eigenvalue weighted by molar-refractivity contribution is 9.11. The summed E-state index contributed by atoms with van der Waals surface area (Å²) in [6, 6.07) is 6.05. The van der Waals surface area contributed by atoms with Gasteiger partial charge in [0.25, 0.3) is 0 Å². The van der Waals surface area contributed by atoms with Crippen LogP contribution in [0.1, 0.15) is 12.0 Å². The summed E-state index contributed by atoms with van der Waals surface area (Å²) in [4.78, 5) is 2.28. The van der Waals surface area contributed by atoms with Crippen molar-refractivity contribution in [2.24, 2.45) is 0 Å². The molecule has 2 rings (SSSR count). The van der Waals surface area contributed by atoms with Crippen LogP contribution in [0.4, 0.5) is 0 Å². The molecule has 0 heterocycles. The fraction of sp³-hybridized carbons (Fsp3) is 0.286. The molecule has 0 saturated carbocycles. The van der Waals surface area contributed by atoms with Gasteiger partial charge < -0.3 is 0 Å². The van der Waals surface area contributed by atoms with Crippen molar-refractivity contribution in [1.29, 1.82) is 0 Å². The normalized spacial score (nSPS) is 19.2. The number of likely N-dealkylation sites (N-methyl/N-ethyl adjacent to an activating group) is 1. The number of halogens is 3. The monoisotopic (exact) mass is 345 g/mol. The van der Waals surface area contributed by atoms with Crippen molar-refractivity contribution in [3.05, 3.63) is 56.5 Å². The number of hydrogen-bond donors (Lipinski definition) is 0. The number of rotatable bonds is 3. The molecule has 1 unspecified atom stereocenters. The van der Waals surface area contributed by atoms with E-state index < -0.39 is 0 Å². The van der Waals surface area contributed by atoms with E-state index >= 15 is 0 Å². The first-order chi connectivity index (χ1) is 8.56. The number of nitrogens with zero attached hydrogens (tertiary/aromatic N) is 1. The van der Waals surface area contributed by atoms with Crippen LogP contribution in [-0.2, 0) is 6.54 Å². The molecule has 0 aliphatic heterocycles. The predicted octanol–water partition coefficient (Wildman–Crippen LogP) is 5.03. The fourth-order valence-corrected chi connectivity index (χ4v) is 2.93. The maximum Gasteiger partial charge on any atom is 0.0465 e. The summed E-state index contributed by atoms with van der Waals surface area (Å²) < 4.78 is 1.13. The lowest BCUT2D eigenvalue weighted by Gasteiger charge is -2.27. The molecule has 1 aliphatic rings. The topological polar surface area (TPSA) is 3.24 Å². The van der Waals surface area contributed by atoms with E-state index in [2.05, 4.69) is 46.1 Å². The van der Waals surface area contributed by atoms with Gasteiger partial charge in [0, 0.05) is 27.1 Å². The molecule has 1 aliphatic carbocycles. The Balaban J connectivity index is 2.07. The van der Waals surface area contributed by atoms with Crippen molar-refractivity contribution in [3.63, 3.8) is 0 Å². The van der Waals surface area contributed by atoms with E-state index in [0.717, 1.165) is 28.0 Å². The molecule has 1 atom stereocenters. The second-order valence-electron chi connectivity index (χ2n) is 4.41. The van der Waals surface area contributed by atoms with Crippen LogP contribution < -0.4 is 0 Å². The Morgan fingerprint density at radius 3 is 2.83 bits per heavy atom. The molecule has 0 amide bonds. The SMILES string of the molecule is CN(Cc1ccc(Cl)cc1Cl)C1C=C(Br)C=CC1. The molecule has 1 aromatic rings. The lowest BCUT2D eigenvalue weighted by molar-refractivity contribution is 0.273. The largest absolute Gasteiger partial charge is 0.295 e. The quantitative estimate of drug-likeness (QED) is 0.741. The summed E-state index contributed by atoms with van der Waals surface area (Å²) in [5.41, 5.74) is 1.10. The predicted molar refractivity (Wildman–Crippen MR) is 82.5 cm³/mol. The van der Waals surface area contributed by atoms with Gasteiger partial charge in [-0.1, -0.05) is 63.4 Å². The van der Waals surface area contributed by atoms with Gasteiger partial charge in [-0.2, -0.15) is 0 Å². The van der Waals surface area contributed by atoms with Gasteiger partial charge in [0.15, 0.2) is 0 Å². The van der Waals surface area contributed by atoms with E-state index in [1.807, 2.05) is 12.1 Å². The molecule has 0 spiro atoms. The third-order valence-corrected chi connectivity index (χ3v) is 4.12. The van der Waals surface area contributed by atoms with E-state index in [1.165, 1.54) is 0 Å². The molecule has 0 saturated heterocycles. The summed E-state index contributed by atoms with van der Waals surface area (Å²) >= 11 is 15.6. The van der Waals surface area contributed by atoms with Crippen LogP contribution in [0.3, 0.4) is 0 Å². The first-order valence-corrected chi connectivity index (χ1v) is 7.29. The summed E-state index contributed by atoms with van der Waals surface area (Å²) in [6.07, 6.45) is 7.49. The Labute approximate surface area is 126 Å². The lowest BCUT2D eigenvalue weighted by atomic mass is 10.1. The number of benzene rings is 1. The zero-order valence-electron chi connectivity index (χ0n) is 10.0. The molecule has 0 fully saturated rings. The third kappa shape index (κ3) is 3.61. The van der Waals surface area contributed by atoms with Gasteiger partial charge in [-0.25, -0.2) is 0 Å². The minimum atomic E-state index is 0.399. The molecule has 0 bridgehead atoms. The average Bonchev–Trinajstić information content (AvgIpc) is 2.32. The van der Waals surface area contributed by atoms with Crippen LogP contribution >= 0.6 is 39.1 Å². The highest BCUT2D eigenvalue weighted by Gasteiger charge is 2.15. The smallest absolute Gasteiger partial charge is 0.0465 e.